The highest BCUT2D eigenvalue weighted by atomic mass is 35.5. The number of carbonyl (C=O) groups excluding carboxylic acids is 2. The van der Waals surface area contributed by atoms with Crippen LogP contribution >= 0.6 is 11.6 Å². The second-order valence-electron chi connectivity index (χ2n) is 5.56. The summed E-state index contributed by atoms with van der Waals surface area (Å²) < 4.78 is 10.5. The summed E-state index contributed by atoms with van der Waals surface area (Å²) in [7, 11) is 0. The Hall–Kier alpha value is -3.31. The largest absolute Gasteiger partial charge is 0.482 e. The molecule has 3 rings (SSSR count). The molecule has 0 aliphatic rings. The second-order valence-corrected chi connectivity index (χ2v) is 6.00. The van der Waals surface area contributed by atoms with Crippen LogP contribution < -0.4 is 14.8 Å². The van der Waals surface area contributed by atoms with Crippen molar-refractivity contribution in [2.45, 2.75) is 0 Å². The van der Waals surface area contributed by atoms with Gasteiger partial charge < -0.3 is 14.8 Å². The van der Waals surface area contributed by atoms with Crippen molar-refractivity contribution in [1.82, 2.24) is 0 Å². The molecular weight excluding hydrogens is 366 g/mol. The Morgan fingerprint density at radius 2 is 1.44 bits per heavy atom. The molecule has 3 aromatic carbocycles. The Bertz CT molecular complexity index is 909. The zero-order valence-electron chi connectivity index (χ0n) is 14.2. The van der Waals surface area contributed by atoms with Gasteiger partial charge in [-0.25, -0.2) is 4.79 Å². The predicted molar refractivity (Wildman–Crippen MR) is 103 cm³/mol. The van der Waals surface area contributed by atoms with Crippen molar-refractivity contribution in [3.8, 4) is 11.5 Å². The number of anilines is 1. The molecule has 1 N–H and O–H groups in total. The molecule has 0 spiro atoms. The number of amides is 1. The van der Waals surface area contributed by atoms with E-state index < -0.39 is 5.97 Å². The Labute approximate surface area is 161 Å². The van der Waals surface area contributed by atoms with E-state index >= 15 is 0 Å². The van der Waals surface area contributed by atoms with Crippen molar-refractivity contribution in [3.63, 3.8) is 0 Å². The molecule has 0 heterocycles. The number of carbonyl (C=O) groups is 2. The van der Waals surface area contributed by atoms with Gasteiger partial charge in [-0.05, 0) is 60.7 Å². The van der Waals surface area contributed by atoms with E-state index in [1.165, 1.54) is 0 Å². The van der Waals surface area contributed by atoms with Gasteiger partial charge in [0.25, 0.3) is 5.91 Å². The summed E-state index contributed by atoms with van der Waals surface area (Å²) in [6.07, 6.45) is 0. The molecule has 0 fully saturated rings. The average Bonchev–Trinajstić information content (AvgIpc) is 2.70. The van der Waals surface area contributed by atoms with E-state index in [-0.39, 0.29) is 12.5 Å². The first kappa shape index (κ1) is 18.5. The number of halogens is 1. The number of nitrogens with one attached hydrogen (secondary N) is 1. The first-order valence-corrected chi connectivity index (χ1v) is 8.53. The highest BCUT2D eigenvalue weighted by Crippen LogP contribution is 2.18. The molecular formula is C21H16ClNO4. The number of esters is 1. The molecule has 0 bridgehead atoms. The summed E-state index contributed by atoms with van der Waals surface area (Å²) >= 11 is 5.79. The fourth-order valence-corrected chi connectivity index (χ4v) is 2.36. The maximum absolute atomic E-state index is 12.1. The van der Waals surface area contributed by atoms with Crippen LogP contribution in [0.2, 0.25) is 5.02 Å². The third-order valence-corrected chi connectivity index (χ3v) is 3.80. The monoisotopic (exact) mass is 381 g/mol. The molecule has 0 aliphatic heterocycles. The van der Waals surface area contributed by atoms with Crippen LogP contribution in [0.5, 0.6) is 11.5 Å². The Kier molecular flexibility index (Phi) is 6.07. The summed E-state index contributed by atoms with van der Waals surface area (Å²) in [6, 6.07) is 22.1. The lowest BCUT2D eigenvalue weighted by Gasteiger charge is -2.08. The van der Waals surface area contributed by atoms with E-state index in [0.29, 0.717) is 27.8 Å². The second kappa shape index (κ2) is 8.87. The molecule has 136 valence electrons. The van der Waals surface area contributed by atoms with Crippen molar-refractivity contribution in [2.24, 2.45) is 0 Å². The maximum atomic E-state index is 12.1. The molecule has 5 nitrogen and oxygen atoms in total. The van der Waals surface area contributed by atoms with Gasteiger partial charge in [0.15, 0.2) is 6.61 Å². The van der Waals surface area contributed by atoms with Gasteiger partial charge in [0, 0.05) is 16.3 Å². The molecule has 3 aromatic rings. The van der Waals surface area contributed by atoms with Crippen LogP contribution in [0.25, 0.3) is 0 Å². The lowest BCUT2D eigenvalue weighted by atomic mass is 10.2. The van der Waals surface area contributed by atoms with Gasteiger partial charge in [-0.15, -0.1) is 0 Å². The lowest BCUT2D eigenvalue weighted by Crippen LogP contribution is -2.17. The molecule has 0 aromatic heterocycles. The van der Waals surface area contributed by atoms with E-state index in [1.807, 2.05) is 6.07 Å². The van der Waals surface area contributed by atoms with Gasteiger partial charge in [0.1, 0.15) is 11.5 Å². The Morgan fingerprint density at radius 1 is 0.815 bits per heavy atom. The third-order valence-electron chi connectivity index (χ3n) is 3.55. The SMILES string of the molecule is O=C(COc1ccc(Cl)cc1)Oc1ccc(NC(=O)c2ccccc2)cc1. The number of hydrogen-bond acceptors (Lipinski definition) is 4. The lowest BCUT2D eigenvalue weighted by molar-refractivity contribution is -0.136. The van der Waals surface area contributed by atoms with E-state index in [2.05, 4.69) is 5.32 Å². The first-order valence-electron chi connectivity index (χ1n) is 8.16. The van der Waals surface area contributed by atoms with Crippen molar-refractivity contribution >= 4 is 29.2 Å². The van der Waals surface area contributed by atoms with Crippen molar-refractivity contribution < 1.29 is 19.1 Å². The van der Waals surface area contributed by atoms with Crippen LogP contribution in [0.4, 0.5) is 5.69 Å². The summed E-state index contributed by atoms with van der Waals surface area (Å²) in [5.74, 6) is 0.135. The topological polar surface area (TPSA) is 64.6 Å². The molecule has 0 saturated carbocycles. The number of hydrogen-bond donors (Lipinski definition) is 1. The van der Waals surface area contributed by atoms with Gasteiger partial charge in [0.05, 0.1) is 0 Å². The average molecular weight is 382 g/mol. The van der Waals surface area contributed by atoms with Crippen LogP contribution in [0.3, 0.4) is 0 Å². The number of ether oxygens (including phenoxy) is 2. The number of benzene rings is 3. The summed E-state index contributed by atoms with van der Waals surface area (Å²) in [4.78, 5) is 24.0. The van der Waals surface area contributed by atoms with Gasteiger partial charge in [0.2, 0.25) is 0 Å². The molecule has 0 unspecified atom stereocenters. The highest BCUT2D eigenvalue weighted by molar-refractivity contribution is 6.30. The van der Waals surface area contributed by atoms with Crippen LogP contribution in [-0.2, 0) is 4.79 Å². The molecule has 0 saturated heterocycles. The Balaban J connectivity index is 1.50. The molecule has 6 heteroatoms. The molecule has 1 amide bonds. The minimum absolute atomic E-state index is 0.211. The van der Waals surface area contributed by atoms with Gasteiger partial charge in [-0.2, -0.15) is 0 Å². The van der Waals surface area contributed by atoms with E-state index in [9.17, 15) is 9.59 Å². The van der Waals surface area contributed by atoms with Crippen LogP contribution in [0.15, 0.2) is 78.9 Å². The third kappa shape index (κ3) is 5.59. The summed E-state index contributed by atoms with van der Waals surface area (Å²) in [5, 5.41) is 3.36. The first-order chi connectivity index (χ1) is 13.1. The number of rotatable bonds is 6. The fraction of sp³-hybridized carbons (Fsp3) is 0.0476. The van der Waals surface area contributed by atoms with Crippen LogP contribution in [-0.4, -0.2) is 18.5 Å². The normalized spacial score (nSPS) is 10.1. The standard InChI is InChI=1S/C21H16ClNO4/c22-16-6-10-18(11-7-16)26-14-20(24)27-19-12-8-17(9-13-19)23-21(25)15-4-2-1-3-5-15/h1-13H,14H2,(H,23,25). The Morgan fingerprint density at radius 3 is 2.11 bits per heavy atom. The van der Waals surface area contributed by atoms with Crippen molar-refractivity contribution in [1.29, 1.82) is 0 Å². The van der Waals surface area contributed by atoms with E-state index in [1.54, 1.807) is 72.8 Å². The minimum atomic E-state index is -0.536. The van der Waals surface area contributed by atoms with E-state index in [0.717, 1.165) is 0 Å². The quantitative estimate of drug-likeness (QED) is 0.501. The molecule has 0 aliphatic carbocycles. The zero-order valence-corrected chi connectivity index (χ0v) is 15.0. The summed E-state index contributed by atoms with van der Waals surface area (Å²) in [5.41, 5.74) is 1.16. The smallest absolute Gasteiger partial charge is 0.349 e. The van der Waals surface area contributed by atoms with E-state index in [4.69, 9.17) is 21.1 Å². The summed E-state index contributed by atoms with van der Waals surface area (Å²) in [6.45, 7) is -0.228. The molecule has 0 radical (unpaired) electrons. The fourth-order valence-electron chi connectivity index (χ4n) is 2.23. The van der Waals surface area contributed by atoms with Crippen molar-refractivity contribution in [2.75, 3.05) is 11.9 Å². The van der Waals surface area contributed by atoms with Crippen LogP contribution in [0, 0.1) is 0 Å². The molecule has 27 heavy (non-hydrogen) atoms. The maximum Gasteiger partial charge on any atom is 0.349 e. The van der Waals surface area contributed by atoms with Crippen molar-refractivity contribution in [3.05, 3.63) is 89.4 Å². The van der Waals surface area contributed by atoms with Gasteiger partial charge in [-0.3, -0.25) is 4.79 Å². The van der Waals surface area contributed by atoms with Gasteiger partial charge in [-0.1, -0.05) is 29.8 Å². The van der Waals surface area contributed by atoms with Gasteiger partial charge >= 0.3 is 5.97 Å². The van der Waals surface area contributed by atoms with Crippen LogP contribution in [0.1, 0.15) is 10.4 Å². The highest BCUT2D eigenvalue weighted by Gasteiger charge is 2.08. The molecule has 0 atom stereocenters. The minimum Gasteiger partial charge on any atom is -0.482 e. The predicted octanol–water partition coefficient (Wildman–Crippen LogP) is 4.58. The zero-order chi connectivity index (χ0) is 19.1.